The van der Waals surface area contributed by atoms with Crippen LogP contribution >= 0.6 is 0 Å². The van der Waals surface area contributed by atoms with E-state index in [-0.39, 0.29) is 70.9 Å². The van der Waals surface area contributed by atoms with Crippen LogP contribution in [0.4, 0.5) is 0 Å². The molecule has 0 saturated heterocycles. The molecule has 2 fully saturated rings. The van der Waals surface area contributed by atoms with Crippen molar-refractivity contribution in [3.05, 3.63) is 22.3 Å². The zero-order valence-electron chi connectivity index (χ0n) is 26.2. The Morgan fingerprint density at radius 1 is 1.05 bits per heavy atom. The molecule has 3 N–H and O–H groups in total. The quantitative estimate of drug-likeness (QED) is 0.326. The van der Waals surface area contributed by atoms with Gasteiger partial charge in [-0.25, -0.2) is 9.59 Å². The van der Waals surface area contributed by atoms with E-state index in [0.717, 1.165) is 30.6 Å². The van der Waals surface area contributed by atoms with Crippen LogP contribution in [0, 0.1) is 29.6 Å². The molecule has 0 unspecified atom stereocenters. The van der Waals surface area contributed by atoms with Crippen LogP contribution < -0.4 is 9.47 Å². The summed E-state index contributed by atoms with van der Waals surface area (Å²) >= 11 is 0. The first-order valence-corrected chi connectivity index (χ1v) is 14.9. The molecule has 4 rings (SSSR count). The summed E-state index contributed by atoms with van der Waals surface area (Å²) in [5.74, 6) is -3.75. The molecule has 1 heterocycles. The first-order valence-electron chi connectivity index (χ1n) is 14.9. The normalized spacial score (nSPS) is 28.5. The van der Waals surface area contributed by atoms with Crippen LogP contribution in [0.5, 0.6) is 11.5 Å². The molecule has 2 saturated carbocycles. The maximum atomic E-state index is 13.9. The van der Waals surface area contributed by atoms with Gasteiger partial charge in [0.15, 0.2) is 0 Å². The number of carboxylic acid groups (broad SMARTS) is 2. The number of benzene rings is 1. The van der Waals surface area contributed by atoms with Gasteiger partial charge >= 0.3 is 17.9 Å². The fourth-order valence-corrected chi connectivity index (χ4v) is 8.49. The van der Waals surface area contributed by atoms with Crippen molar-refractivity contribution in [3.8, 4) is 11.5 Å². The van der Waals surface area contributed by atoms with Crippen molar-refractivity contribution in [2.75, 3.05) is 20.8 Å². The number of esters is 1. The second-order valence-electron chi connectivity index (χ2n) is 13.6. The lowest BCUT2D eigenvalue weighted by Gasteiger charge is -2.61. The lowest BCUT2D eigenvalue weighted by atomic mass is 9.46. The average molecular weight is 604 g/mol. The van der Waals surface area contributed by atoms with E-state index in [1.54, 1.807) is 6.92 Å². The van der Waals surface area contributed by atoms with Crippen molar-refractivity contribution in [1.82, 2.24) is 4.90 Å². The number of hydrogen-bond acceptors (Lipinski definition) is 8. The summed E-state index contributed by atoms with van der Waals surface area (Å²) in [6.07, 6.45) is 4.12. The van der Waals surface area contributed by atoms with Crippen molar-refractivity contribution in [1.29, 1.82) is 0 Å². The third kappa shape index (κ3) is 5.56. The largest absolute Gasteiger partial charge is 0.495 e. The van der Waals surface area contributed by atoms with Gasteiger partial charge < -0.3 is 34.4 Å². The minimum Gasteiger partial charge on any atom is -0.495 e. The minimum atomic E-state index is -1.40. The summed E-state index contributed by atoms with van der Waals surface area (Å²) in [4.78, 5) is 51.5. The smallest absolute Gasteiger partial charge is 0.339 e. The molecule has 238 valence electrons. The van der Waals surface area contributed by atoms with E-state index in [4.69, 9.17) is 9.47 Å². The number of hydrogen-bond donors (Lipinski definition) is 3. The molecule has 0 bridgehead atoms. The Balaban J connectivity index is 1.78. The van der Waals surface area contributed by atoms with E-state index in [9.17, 15) is 34.5 Å². The van der Waals surface area contributed by atoms with Gasteiger partial charge in [0, 0.05) is 30.0 Å². The minimum absolute atomic E-state index is 0.0237. The molecule has 2 aliphatic carbocycles. The molecule has 0 aromatic heterocycles. The Bertz CT molecular complexity index is 1320. The molecule has 1 aromatic rings. The van der Waals surface area contributed by atoms with Gasteiger partial charge in [-0.05, 0) is 62.7 Å². The SMILES string of the molecule is COC(=O)CC[C@@H](C(=O)O)N1Cc2c(C(=O)O)c(OC)c(C)c(OC[C@@H]3[C@@]4(C)CCCC(C)(C)[C@@H]4CC[C@@]3(C)O)c2C1=O. The van der Waals surface area contributed by atoms with Crippen molar-refractivity contribution in [2.45, 2.75) is 97.8 Å². The fraction of sp³-hybridized carbons (Fsp3) is 0.688. The number of carbonyl (C=O) groups excluding carboxylic acids is 2. The molecule has 1 aliphatic heterocycles. The van der Waals surface area contributed by atoms with Crippen LogP contribution in [-0.4, -0.2) is 76.5 Å². The molecular weight excluding hydrogens is 558 g/mol. The third-order valence-electron chi connectivity index (χ3n) is 10.6. The number of aliphatic hydroxyl groups is 1. The van der Waals surface area contributed by atoms with Gasteiger partial charge in [0.25, 0.3) is 5.91 Å². The lowest BCUT2D eigenvalue weighted by molar-refractivity contribution is -0.176. The van der Waals surface area contributed by atoms with Gasteiger partial charge in [-0.2, -0.15) is 0 Å². The highest BCUT2D eigenvalue weighted by atomic mass is 16.5. The van der Waals surface area contributed by atoms with Gasteiger partial charge in [-0.3, -0.25) is 9.59 Å². The van der Waals surface area contributed by atoms with Crippen LogP contribution in [0.2, 0.25) is 0 Å². The number of aromatic carboxylic acids is 1. The number of carbonyl (C=O) groups is 4. The lowest BCUT2D eigenvalue weighted by Crippen LogP contribution is -2.59. The second kappa shape index (κ2) is 11.6. The van der Waals surface area contributed by atoms with Crippen molar-refractivity contribution < 1.29 is 48.7 Å². The highest BCUT2D eigenvalue weighted by Gasteiger charge is 2.58. The molecule has 1 amide bonds. The van der Waals surface area contributed by atoms with Crippen LogP contribution in [0.3, 0.4) is 0 Å². The molecule has 43 heavy (non-hydrogen) atoms. The monoisotopic (exact) mass is 603 g/mol. The maximum absolute atomic E-state index is 13.9. The summed E-state index contributed by atoms with van der Waals surface area (Å²) in [6.45, 7) is 10.00. The van der Waals surface area contributed by atoms with Gasteiger partial charge in [0.1, 0.15) is 23.1 Å². The molecule has 0 spiro atoms. The van der Waals surface area contributed by atoms with E-state index in [1.165, 1.54) is 14.2 Å². The number of rotatable bonds is 10. The topological polar surface area (TPSA) is 160 Å². The molecular formula is C32H45NO10. The maximum Gasteiger partial charge on any atom is 0.339 e. The van der Waals surface area contributed by atoms with E-state index in [0.29, 0.717) is 17.9 Å². The van der Waals surface area contributed by atoms with Gasteiger partial charge in [-0.15, -0.1) is 0 Å². The number of amides is 1. The number of aliphatic carboxylic acids is 1. The van der Waals surface area contributed by atoms with E-state index >= 15 is 0 Å². The van der Waals surface area contributed by atoms with E-state index in [2.05, 4.69) is 25.5 Å². The summed E-state index contributed by atoms with van der Waals surface area (Å²) in [5, 5.41) is 31.8. The Labute approximate surface area is 252 Å². The zero-order valence-corrected chi connectivity index (χ0v) is 26.2. The summed E-state index contributed by atoms with van der Waals surface area (Å²) < 4.78 is 16.7. The summed E-state index contributed by atoms with van der Waals surface area (Å²) in [7, 11) is 2.52. The van der Waals surface area contributed by atoms with Crippen LogP contribution in [0.25, 0.3) is 0 Å². The molecule has 3 aliphatic rings. The highest BCUT2D eigenvalue weighted by Crippen LogP contribution is 2.62. The van der Waals surface area contributed by atoms with Gasteiger partial charge in [0.2, 0.25) is 0 Å². The van der Waals surface area contributed by atoms with Crippen LogP contribution in [0.15, 0.2) is 0 Å². The number of fused-ring (bicyclic) bond motifs is 2. The Hall–Kier alpha value is -3.34. The Morgan fingerprint density at radius 3 is 2.30 bits per heavy atom. The predicted molar refractivity (Wildman–Crippen MR) is 155 cm³/mol. The molecule has 0 radical (unpaired) electrons. The van der Waals surface area contributed by atoms with E-state index in [1.807, 2.05) is 6.92 Å². The fourth-order valence-electron chi connectivity index (χ4n) is 8.49. The number of ether oxygens (including phenoxy) is 3. The molecule has 1 aromatic carbocycles. The Morgan fingerprint density at radius 2 is 1.72 bits per heavy atom. The Kier molecular flexibility index (Phi) is 8.81. The number of carboxylic acids is 2. The van der Waals surface area contributed by atoms with Crippen LogP contribution in [-0.2, 0) is 20.9 Å². The predicted octanol–water partition coefficient (Wildman–Crippen LogP) is 4.44. The van der Waals surface area contributed by atoms with Gasteiger partial charge in [0.05, 0.1) is 32.0 Å². The van der Waals surface area contributed by atoms with E-state index < -0.39 is 35.5 Å². The van der Waals surface area contributed by atoms with Crippen molar-refractivity contribution >= 4 is 23.8 Å². The molecule has 5 atom stereocenters. The number of nitrogens with zero attached hydrogens (tertiary/aromatic N) is 1. The highest BCUT2D eigenvalue weighted by molar-refractivity contribution is 6.08. The first-order chi connectivity index (χ1) is 20.0. The second-order valence-corrected chi connectivity index (χ2v) is 13.6. The van der Waals surface area contributed by atoms with Crippen LogP contribution in [0.1, 0.15) is 104 Å². The zero-order chi connectivity index (χ0) is 32.1. The van der Waals surface area contributed by atoms with Crippen molar-refractivity contribution in [3.63, 3.8) is 0 Å². The number of methoxy groups -OCH3 is 2. The molecule has 11 heteroatoms. The summed E-state index contributed by atoms with van der Waals surface area (Å²) in [6, 6.07) is -1.40. The van der Waals surface area contributed by atoms with Gasteiger partial charge in [-0.1, -0.05) is 27.2 Å². The van der Waals surface area contributed by atoms with Crippen molar-refractivity contribution in [2.24, 2.45) is 22.7 Å². The summed E-state index contributed by atoms with van der Waals surface area (Å²) in [5.41, 5.74) is -1.03. The standard InChI is InChI=1S/C32H45NO10/c1-17-25(42-7)24(29(38)39)18-15-33(19(28(36)37)9-10-22(34)41-6)27(35)23(18)26(17)43-16-21-31(4)13-8-12-30(2,3)20(31)11-14-32(21,5)40/h19-21,40H,8-16H2,1-7H3,(H,36,37)(H,38,39)/t19-,20-,21+,31-,32+/m0/s1. The molecule has 11 nitrogen and oxygen atoms in total. The third-order valence-corrected chi connectivity index (χ3v) is 10.6. The first kappa shape index (κ1) is 32.6. The average Bonchev–Trinajstić information content (AvgIpc) is 3.23.